The third kappa shape index (κ3) is 5.74. The Morgan fingerprint density at radius 1 is 1.03 bits per heavy atom. The van der Waals surface area contributed by atoms with Crippen LogP contribution in [0.15, 0.2) is 35.2 Å². The van der Waals surface area contributed by atoms with E-state index in [2.05, 4.69) is 10.1 Å². The van der Waals surface area contributed by atoms with Gasteiger partial charge in [0.15, 0.2) is 0 Å². The third-order valence-corrected chi connectivity index (χ3v) is 6.08. The summed E-state index contributed by atoms with van der Waals surface area (Å²) in [5, 5.41) is 3.05. The van der Waals surface area contributed by atoms with Gasteiger partial charge in [0.2, 0.25) is 0 Å². The number of benzene rings is 2. The average molecular weight is 471 g/mol. The fourth-order valence-electron chi connectivity index (χ4n) is 2.97. The predicted molar refractivity (Wildman–Crippen MR) is 117 cm³/mol. The molecule has 0 unspecified atom stereocenters. The number of carbonyl (C=O) groups excluding carboxylic acids is 2. The highest BCUT2D eigenvalue weighted by atomic mass is 35.5. The lowest BCUT2D eigenvalue weighted by Gasteiger charge is -2.21. The van der Waals surface area contributed by atoms with Crippen LogP contribution in [-0.2, 0) is 14.8 Å². The molecule has 2 amide bonds. The van der Waals surface area contributed by atoms with Crippen LogP contribution < -0.4 is 10.0 Å². The Hall–Kier alpha value is -2.65. The van der Waals surface area contributed by atoms with E-state index in [4.69, 9.17) is 11.6 Å². The topological polar surface area (TPSA) is 102 Å². The molecule has 7 nitrogen and oxygen atoms in total. The molecule has 0 fully saturated rings. The molecular weight excluding hydrogens is 447 g/mol. The van der Waals surface area contributed by atoms with E-state index in [9.17, 15) is 22.4 Å². The Labute approximate surface area is 186 Å². The highest BCUT2D eigenvalue weighted by Gasteiger charge is 2.25. The second kappa shape index (κ2) is 9.65. The zero-order valence-electron chi connectivity index (χ0n) is 17.7. The van der Waals surface area contributed by atoms with Gasteiger partial charge in [-0.15, -0.1) is 0 Å². The van der Waals surface area contributed by atoms with Crippen molar-refractivity contribution in [3.63, 3.8) is 0 Å². The van der Waals surface area contributed by atoms with E-state index in [1.807, 2.05) is 27.7 Å². The van der Waals surface area contributed by atoms with Gasteiger partial charge in [0.1, 0.15) is 10.7 Å². The van der Waals surface area contributed by atoms with Crippen molar-refractivity contribution in [3.8, 4) is 0 Å². The zero-order valence-corrected chi connectivity index (χ0v) is 19.3. The second-order valence-electron chi connectivity index (χ2n) is 7.47. The van der Waals surface area contributed by atoms with Gasteiger partial charge in [-0.2, -0.15) is 0 Å². The minimum absolute atomic E-state index is 0.0164. The van der Waals surface area contributed by atoms with Crippen LogP contribution in [0.25, 0.3) is 0 Å². The lowest BCUT2D eigenvalue weighted by molar-refractivity contribution is 0.0600. The molecule has 31 heavy (non-hydrogen) atoms. The van der Waals surface area contributed by atoms with E-state index in [-0.39, 0.29) is 17.4 Å². The highest BCUT2D eigenvalue weighted by molar-refractivity contribution is 7.90. The van der Waals surface area contributed by atoms with Crippen LogP contribution in [0.3, 0.4) is 0 Å². The Kier molecular flexibility index (Phi) is 7.67. The van der Waals surface area contributed by atoms with E-state index >= 15 is 0 Å². The Morgan fingerprint density at radius 2 is 1.58 bits per heavy atom. The van der Waals surface area contributed by atoms with Crippen molar-refractivity contribution in [1.82, 2.24) is 4.72 Å². The first-order valence-electron chi connectivity index (χ1n) is 9.42. The number of hydrogen-bond acceptors (Lipinski definition) is 5. The Bertz CT molecular complexity index is 1090. The molecule has 2 aromatic carbocycles. The van der Waals surface area contributed by atoms with Crippen LogP contribution in [0.1, 0.15) is 61.0 Å². The fourth-order valence-corrected chi connectivity index (χ4v) is 4.22. The van der Waals surface area contributed by atoms with Gasteiger partial charge < -0.3 is 10.1 Å². The van der Waals surface area contributed by atoms with E-state index in [1.165, 1.54) is 0 Å². The van der Waals surface area contributed by atoms with Crippen LogP contribution >= 0.6 is 11.6 Å². The van der Waals surface area contributed by atoms with Crippen molar-refractivity contribution in [3.05, 3.63) is 57.9 Å². The molecule has 0 bridgehead atoms. The molecule has 0 saturated carbocycles. The summed E-state index contributed by atoms with van der Waals surface area (Å²) in [6.07, 6.45) is 0. The number of nitrogens with one attached hydrogen (secondary N) is 2. The van der Waals surface area contributed by atoms with Crippen molar-refractivity contribution < 1.29 is 27.1 Å². The molecular formula is C21H24ClFN2O5S. The van der Waals surface area contributed by atoms with Crippen molar-refractivity contribution in [2.75, 3.05) is 12.4 Å². The molecule has 0 aromatic heterocycles. The first kappa shape index (κ1) is 24.6. The summed E-state index contributed by atoms with van der Waals surface area (Å²) in [5.41, 5.74) is 1.71. The van der Waals surface area contributed by atoms with E-state index < -0.39 is 32.7 Å². The average Bonchev–Trinajstić information content (AvgIpc) is 2.67. The lowest BCUT2D eigenvalue weighted by Crippen LogP contribution is -2.35. The first-order valence-corrected chi connectivity index (χ1v) is 11.3. The molecule has 0 spiro atoms. The zero-order chi connectivity index (χ0) is 23.5. The molecule has 2 rings (SSSR count). The number of urea groups is 1. The summed E-state index contributed by atoms with van der Waals surface area (Å²) < 4.78 is 45.7. The fraction of sp³-hybridized carbons (Fsp3) is 0.333. The molecule has 0 atom stereocenters. The quantitative estimate of drug-likeness (QED) is 0.577. The summed E-state index contributed by atoms with van der Waals surface area (Å²) in [4.78, 5) is 23.4. The predicted octanol–water partition coefficient (Wildman–Crippen LogP) is 5.02. The lowest BCUT2D eigenvalue weighted by atomic mass is 9.92. The molecule has 0 heterocycles. The van der Waals surface area contributed by atoms with Crippen LogP contribution in [-0.4, -0.2) is 27.5 Å². The van der Waals surface area contributed by atoms with Crippen molar-refractivity contribution in [2.24, 2.45) is 0 Å². The molecule has 0 aliphatic carbocycles. The molecule has 10 heteroatoms. The number of anilines is 1. The van der Waals surface area contributed by atoms with Gasteiger partial charge in [-0.25, -0.2) is 27.1 Å². The third-order valence-electron chi connectivity index (χ3n) is 4.52. The second-order valence-corrected chi connectivity index (χ2v) is 9.55. The molecule has 0 radical (unpaired) electrons. The Morgan fingerprint density at radius 3 is 2.06 bits per heavy atom. The first-order chi connectivity index (χ1) is 14.4. The van der Waals surface area contributed by atoms with Gasteiger partial charge in [-0.1, -0.05) is 39.3 Å². The van der Waals surface area contributed by atoms with Crippen LogP contribution in [0.4, 0.5) is 14.9 Å². The number of methoxy groups -OCH3 is 1. The SMILES string of the molecule is COC(=O)c1ccc(F)c(S(=O)(=O)NC(=O)Nc2c(C(C)C)cc(Cl)cc2C(C)C)c1. The molecule has 0 saturated heterocycles. The minimum atomic E-state index is -4.62. The highest BCUT2D eigenvalue weighted by Crippen LogP contribution is 2.35. The molecule has 0 aliphatic heterocycles. The monoisotopic (exact) mass is 470 g/mol. The van der Waals surface area contributed by atoms with Gasteiger partial charge in [0.05, 0.1) is 12.7 Å². The number of amides is 2. The maximum absolute atomic E-state index is 14.2. The summed E-state index contributed by atoms with van der Waals surface area (Å²) in [6, 6.07) is 5.01. The number of rotatable bonds is 6. The summed E-state index contributed by atoms with van der Waals surface area (Å²) in [6.45, 7) is 7.62. The largest absolute Gasteiger partial charge is 0.465 e. The van der Waals surface area contributed by atoms with Crippen molar-refractivity contribution >= 4 is 39.3 Å². The van der Waals surface area contributed by atoms with E-state index in [1.54, 1.807) is 16.9 Å². The Balaban J connectivity index is 2.40. The molecule has 168 valence electrons. The van der Waals surface area contributed by atoms with Crippen molar-refractivity contribution in [1.29, 1.82) is 0 Å². The van der Waals surface area contributed by atoms with Gasteiger partial charge >= 0.3 is 12.0 Å². The number of esters is 1. The van der Waals surface area contributed by atoms with E-state index in [0.717, 1.165) is 36.4 Å². The number of hydrogen-bond donors (Lipinski definition) is 2. The van der Waals surface area contributed by atoms with Crippen molar-refractivity contribution in [2.45, 2.75) is 44.4 Å². The standard InChI is InChI=1S/C21H24ClFN2O5S/c1-11(2)15-9-14(22)10-16(12(3)4)19(15)24-21(27)25-31(28,29)18-8-13(20(26)30-5)6-7-17(18)23/h6-12H,1-5H3,(H2,24,25,27). The smallest absolute Gasteiger partial charge is 0.337 e. The van der Waals surface area contributed by atoms with Gasteiger partial charge in [0, 0.05) is 10.7 Å². The van der Waals surface area contributed by atoms with Crippen LogP contribution in [0.5, 0.6) is 0 Å². The van der Waals surface area contributed by atoms with E-state index in [0.29, 0.717) is 10.7 Å². The minimum Gasteiger partial charge on any atom is -0.465 e. The van der Waals surface area contributed by atoms with Crippen LogP contribution in [0.2, 0.25) is 5.02 Å². The summed E-state index contributed by atoms with van der Waals surface area (Å²) >= 11 is 6.20. The summed E-state index contributed by atoms with van der Waals surface area (Å²) in [7, 11) is -3.51. The number of ether oxygens (including phenoxy) is 1. The normalized spacial score (nSPS) is 11.5. The maximum Gasteiger partial charge on any atom is 0.337 e. The van der Waals surface area contributed by atoms with Gasteiger partial charge in [-0.3, -0.25) is 0 Å². The number of halogens is 2. The molecule has 0 aliphatic rings. The maximum atomic E-state index is 14.2. The molecule has 2 aromatic rings. The number of sulfonamides is 1. The van der Waals surface area contributed by atoms with Gasteiger partial charge in [0.25, 0.3) is 10.0 Å². The molecule has 2 N–H and O–H groups in total. The van der Waals surface area contributed by atoms with Gasteiger partial charge in [-0.05, 0) is 53.3 Å². The van der Waals surface area contributed by atoms with Crippen LogP contribution in [0, 0.1) is 5.82 Å². The summed E-state index contributed by atoms with van der Waals surface area (Å²) in [5.74, 6) is -2.00. The number of carbonyl (C=O) groups is 2.